The molecular formula is C16H16F3N3O3. The van der Waals surface area contributed by atoms with Crippen molar-refractivity contribution in [2.24, 2.45) is 0 Å². The molecule has 0 aliphatic rings. The maximum absolute atomic E-state index is 12.5. The van der Waals surface area contributed by atoms with Crippen LogP contribution in [0, 0.1) is 0 Å². The van der Waals surface area contributed by atoms with Gasteiger partial charge in [-0.15, -0.1) is 0 Å². The molecule has 1 heterocycles. The van der Waals surface area contributed by atoms with Crippen molar-refractivity contribution < 1.29 is 27.5 Å². The van der Waals surface area contributed by atoms with E-state index in [1.54, 1.807) is 0 Å². The highest BCUT2D eigenvalue weighted by atomic mass is 19.4. The molecule has 134 valence electrons. The Bertz CT molecular complexity index is 739. The van der Waals surface area contributed by atoms with E-state index in [9.17, 15) is 22.8 Å². The fraction of sp³-hybridized carbons (Fsp3) is 0.312. The molecule has 0 aliphatic carbocycles. The lowest BCUT2D eigenvalue weighted by atomic mass is 10.2. The number of aromatic nitrogens is 2. The Labute approximate surface area is 141 Å². The van der Waals surface area contributed by atoms with Crippen LogP contribution in [0.3, 0.4) is 0 Å². The first-order chi connectivity index (χ1) is 11.8. The molecule has 0 spiro atoms. The molecule has 1 aromatic carbocycles. The minimum Gasteiger partial charge on any atom is -0.462 e. The maximum atomic E-state index is 12.5. The maximum Gasteiger partial charge on any atom is 0.435 e. The van der Waals surface area contributed by atoms with Crippen molar-refractivity contribution in [2.75, 3.05) is 11.9 Å². The molecule has 0 radical (unpaired) electrons. The highest BCUT2D eigenvalue weighted by Gasteiger charge is 2.33. The molecule has 0 atom stereocenters. The highest BCUT2D eigenvalue weighted by molar-refractivity contribution is 5.92. The summed E-state index contributed by atoms with van der Waals surface area (Å²) in [5, 5.41) is 5.81. The van der Waals surface area contributed by atoms with Gasteiger partial charge in [0, 0.05) is 11.9 Å². The Kier molecular flexibility index (Phi) is 5.79. The average Bonchev–Trinajstić information content (AvgIpc) is 3.02. The van der Waals surface area contributed by atoms with Gasteiger partial charge in [0.1, 0.15) is 6.54 Å². The summed E-state index contributed by atoms with van der Waals surface area (Å²) < 4.78 is 43.2. The van der Waals surface area contributed by atoms with Crippen LogP contribution in [0.5, 0.6) is 0 Å². The average molecular weight is 355 g/mol. The van der Waals surface area contributed by atoms with E-state index in [2.05, 4.69) is 10.4 Å². The molecule has 1 aromatic heterocycles. The number of esters is 1. The van der Waals surface area contributed by atoms with Gasteiger partial charge in [0.2, 0.25) is 5.91 Å². The van der Waals surface area contributed by atoms with Crippen molar-refractivity contribution in [3.8, 4) is 0 Å². The molecule has 0 unspecified atom stereocenters. The minimum atomic E-state index is -4.55. The molecule has 2 rings (SSSR count). The van der Waals surface area contributed by atoms with E-state index < -0.39 is 23.7 Å². The molecule has 0 aliphatic heterocycles. The fourth-order valence-electron chi connectivity index (χ4n) is 1.92. The zero-order valence-electron chi connectivity index (χ0n) is 13.3. The quantitative estimate of drug-likeness (QED) is 0.808. The second-order valence-electron chi connectivity index (χ2n) is 5.16. The predicted octanol–water partition coefficient (Wildman–Crippen LogP) is 3.11. The summed E-state index contributed by atoms with van der Waals surface area (Å²) in [6, 6.07) is 6.78. The lowest BCUT2D eigenvalue weighted by molar-refractivity contribution is -0.141. The number of benzene rings is 1. The van der Waals surface area contributed by atoms with Crippen LogP contribution in [0.4, 0.5) is 18.9 Å². The molecule has 9 heteroatoms. The Morgan fingerprint density at radius 2 is 1.88 bits per heavy atom. The fourth-order valence-corrected chi connectivity index (χ4v) is 1.92. The Hall–Kier alpha value is -2.84. The van der Waals surface area contributed by atoms with Crippen LogP contribution in [0.25, 0.3) is 0 Å². The standard InChI is InChI=1S/C16H16F3N3O3/c1-2-9-25-15(24)11-3-5-12(6-4-11)20-14(23)10-22-8-7-13(21-22)16(17,18)19/h3-8H,2,9-10H2,1H3,(H,20,23). The van der Waals surface area contributed by atoms with Crippen LogP contribution in [0.2, 0.25) is 0 Å². The van der Waals surface area contributed by atoms with E-state index in [0.29, 0.717) is 24.3 Å². The second-order valence-corrected chi connectivity index (χ2v) is 5.16. The van der Waals surface area contributed by atoms with E-state index in [-0.39, 0.29) is 6.54 Å². The van der Waals surface area contributed by atoms with Gasteiger partial charge in [-0.1, -0.05) is 6.92 Å². The summed E-state index contributed by atoms with van der Waals surface area (Å²) in [6.07, 6.45) is -2.76. The van der Waals surface area contributed by atoms with Gasteiger partial charge in [-0.25, -0.2) is 4.79 Å². The number of amides is 1. The monoisotopic (exact) mass is 355 g/mol. The topological polar surface area (TPSA) is 73.2 Å². The SMILES string of the molecule is CCCOC(=O)c1ccc(NC(=O)Cn2ccc(C(F)(F)F)n2)cc1. The van der Waals surface area contributed by atoms with Crippen molar-refractivity contribution in [1.29, 1.82) is 0 Å². The number of carbonyl (C=O) groups excluding carboxylic acids is 2. The van der Waals surface area contributed by atoms with Crippen molar-refractivity contribution >= 4 is 17.6 Å². The number of carbonyl (C=O) groups is 2. The van der Waals surface area contributed by atoms with Gasteiger partial charge in [-0.05, 0) is 36.8 Å². The van der Waals surface area contributed by atoms with Crippen molar-refractivity contribution in [2.45, 2.75) is 26.1 Å². The highest BCUT2D eigenvalue weighted by Crippen LogP contribution is 2.27. The lowest BCUT2D eigenvalue weighted by Crippen LogP contribution is -2.19. The van der Waals surface area contributed by atoms with Gasteiger partial charge >= 0.3 is 12.1 Å². The number of alkyl halides is 3. The first-order valence-electron chi connectivity index (χ1n) is 7.47. The van der Waals surface area contributed by atoms with Crippen LogP contribution in [0.15, 0.2) is 36.5 Å². The normalized spacial score (nSPS) is 11.2. The smallest absolute Gasteiger partial charge is 0.435 e. The summed E-state index contributed by atoms with van der Waals surface area (Å²) in [6.45, 7) is 1.83. The van der Waals surface area contributed by atoms with Gasteiger partial charge in [0.05, 0.1) is 12.2 Å². The molecular weight excluding hydrogens is 339 g/mol. The van der Waals surface area contributed by atoms with Gasteiger partial charge in [0.15, 0.2) is 5.69 Å². The summed E-state index contributed by atoms with van der Waals surface area (Å²) in [4.78, 5) is 23.5. The summed E-state index contributed by atoms with van der Waals surface area (Å²) in [5.74, 6) is -1.01. The van der Waals surface area contributed by atoms with Crippen LogP contribution in [-0.4, -0.2) is 28.3 Å². The Balaban J connectivity index is 1.92. The Morgan fingerprint density at radius 3 is 2.44 bits per heavy atom. The predicted molar refractivity (Wildman–Crippen MR) is 82.9 cm³/mol. The largest absolute Gasteiger partial charge is 0.462 e. The van der Waals surface area contributed by atoms with Crippen molar-refractivity contribution in [3.63, 3.8) is 0 Å². The number of nitrogens with one attached hydrogen (secondary N) is 1. The van der Waals surface area contributed by atoms with E-state index in [4.69, 9.17) is 4.74 Å². The molecule has 2 aromatic rings. The number of nitrogens with zero attached hydrogens (tertiary/aromatic N) is 2. The second kappa shape index (κ2) is 7.82. The van der Waals surface area contributed by atoms with Gasteiger partial charge in [-0.2, -0.15) is 18.3 Å². The van der Waals surface area contributed by atoms with Gasteiger partial charge in [0.25, 0.3) is 0 Å². The first kappa shape index (κ1) is 18.5. The first-order valence-corrected chi connectivity index (χ1v) is 7.47. The zero-order chi connectivity index (χ0) is 18.4. The lowest BCUT2D eigenvalue weighted by Gasteiger charge is -2.07. The number of anilines is 1. The third kappa shape index (κ3) is 5.33. The van der Waals surface area contributed by atoms with Crippen molar-refractivity contribution in [3.05, 3.63) is 47.8 Å². The number of rotatable bonds is 6. The van der Waals surface area contributed by atoms with E-state index in [1.165, 1.54) is 24.3 Å². The van der Waals surface area contributed by atoms with E-state index >= 15 is 0 Å². The minimum absolute atomic E-state index is 0.321. The van der Waals surface area contributed by atoms with Crippen LogP contribution in [-0.2, 0) is 22.3 Å². The van der Waals surface area contributed by atoms with Gasteiger partial charge < -0.3 is 10.1 Å². The van der Waals surface area contributed by atoms with Crippen LogP contribution in [0.1, 0.15) is 29.4 Å². The molecule has 0 fully saturated rings. The molecule has 0 saturated heterocycles. The third-order valence-electron chi connectivity index (χ3n) is 3.08. The van der Waals surface area contributed by atoms with Crippen LogP contribution >= 0.6 is 0 Å². The molecule has 6 nitrogen and oxygen atoms in total. The number of hydrogen-bond donors (Lipinski definition) is 1. The summed E-state index contributed by atoms with van der Waals surface area (Å²) in [7, 11) is 0. The van der Waals surface area contributed by atoms with Gasteiger partial charge in [-0.3, -0.25) is 9.48 Å². The zero-order valence-corrected chi connectivity index (χ0v) is 13.3. The molecule has 1 N–H and O–H groups in total. The van der Waals surface area contributed by atoms with E-state index in [0.717, 1.165) is 16.9 Å². The number of ether oxygens (including phenoxy) is 1. The molecule has 25 heavy (non-hydrogen) atoms. The third-order valence-corrected chi connectivity index (χ3v) is 3.08. The molecule has 0 bridgehead atoms. The molecule has 0 saturated carbocycles. The number of hydrogen-bond acceptors (Lipinski definition) is 4. The van der Waals surface area contributed by atoms with E-state index in [1.807, 2.05) is 6.92 Å². The van der Waals surface area contributed by atoms with Crippen LogP contribution < -0.4 is 5.32 Å². The number of halogens is 3. The van der Waals surface area contributed by atoms with Crippen molar-refractivity contribution in [1.82, 2.24) is 9.78 Å². The summed E-state index contributed by atoms with van der Waals surface area (Å²) >= 11 is 0. The Morgan fingerprint density at radius 1 is 1.20 bits per heavy atom. The molecule has 1 amide bonds. The summed E-state index contributed by atoms with van der Waals surface area (Å²) in [5.41, 5.74) is -0.316.